The van der Waals surface area contributed by atoms with Crippen LogP contribution in [-0.4, -0.2) is 23.4 Å². The molecule has 116 valence electrons. The molecule has 1 aromatic carbocycles. The molecular formula is C15H19F3N2O. The second-order valence-corrected chi connectivity index (χ2v) is 5.76. The van der Waals surface area contributed by atoms with Crippen molar-refractivity contribution in [2.45, 2.75) is 38.9 Å². The van der Waals surface area contributed by atoms with Gasteiger partial charge < -0.3 is 10.6 Å². The molecule has 0 atom stereocenters. The zero-order chi connectivity index (χ0) is 15.8. The molecule has 6 heteroatoms. The van der Waals surface area contributed by atoms with Crippen LogP contribution in [0.5, 0.6) is 0 Å². The smallest absolute Gasteiger partial charge is 0.398 e. The van der Waals surface area contributed by atoms with Crippen molar-refractivity contribution in [2.24, 2.45) is 5.92 Å². The van der Waals surface area contributed by atoms with E-state index in [2.05, 4.69) is 0 Å². The highest BCUT2D eigenvalue weighted by Gasteiger charge is 2.36. The van der Waals surface area contributed by atoms with Crippen molar-refractivity contribution < 1.29 is 18.0 Å². The van der Waals surface area contributed by atoms with Crippen LogP contribution in [0.3, 0.4) is 0 Å². The van der Waals surface area contributed by atoms with Crippen LogP contribution in [0.1, 0.15) is 42.6 Å². The molecule has 0 spiro atoms. The standard InChI is InChI=1S/C15H19F3N2O/c1-9(2)20(8-10-6-7-10)14(21)11-4-3-5-12(13(11)19)15(16,17)18/h3-5,9-10H,6-8,19H2,1-2H3. The maximum atomic E-state index is 12.9. The molecule has 0 aliphatic heterocycles. The van der Waals surface area contributed by atoms with Gasteiger partial charge in [-0.1, -0.05) is 6.07 Å². The van der Waals surface area contributed by atoms with Crippen LogP contribution in [0.15, 0.2) is 18.2 Å². The maximum absolute atomic E-state index is 12.9. The first-order valence-corrected chi connectivity index (χ1v) is 6.98. The summed E-state index contributed by atoms with van der Waals surface area (Å²) in [5, 5.41) is 0. The fourth-order valence-corrected chi connectivity index (χ4v) is 2.26. The summed E-state index contributed by atoms with van der Waals surface area (Å²) in [7, 11) is 0. The molecule has 2 N–H and O–H groups in total. The number of hydrogen-bond donors (Lipinski definition) is 1. The third-order valence-corrected chi connectivity index (χ3v) is 3.68. The van der Waals surface area contributed by atoms with Gasteiger partial charge in [0.25, 0.3) is 5.91 Å². The molecule has 1 aromatic rings. The van der Waals surface area contributed by atoms with Gasteiger partial charge in [-0.15, -0.1) is 0 Å². The Balaban J connectivity index is 2.33. The Morgan fingerprint density at radius 3 is 2.48 bits per heavy atom. The van der Waals surface area contributed by atoms with Gasteiger partial charge in [0.05, 0.1) is 16.8 Å². The van der Waals surface area contributed by atoms with Gasteiger partial charge in [-0.25, -0.2) is 0 Å². The van der Waals surface area contributed by atoms with E-state index < -0.39 is 23.3 Å². The summed E-state index contributed by atoms with van der Waals surface area (Å²) in [6.45, 7) is 4.28. The van der Waals surface area contributed by atoms with Crippen molar-refractivity contribution in [3.05, 3.63) is 29.3 Å². The third-order valence-electron chi connectivity index (χ3n) is 3.68. The molecule has 1 aliphatic rings. The van der Waals surface area contributed by atoms with Gasteiger partial charge in [-0.2, -0.15) is 13.2 Å². The number of rotatable bonds is 4. The SMILES string of the molecule is CC(C)N(CC1CC1)C(=O)c1cccc(C(F)(F)F)c1N. The van der Waals surface area contributed by atoms with E-state index in [1.807, 2.05) is 13.8 Å². The summed E-state index contributed by atoms with van der Waals surface area (Å²) in [4.78, 5) is 14.1. The molecule has 0 unspecified atom stereocenters. The van der Waals surface area contributed by atoms with Crippen molar-refractivity contribution in [3.63, 3.8) is 0 Å². The Morgan fingerprint density at radius 1 is 1.38 bits per heavy atom. The maximum Gasteiger partial charge on any atom is 0.418 e. The number of carbonyl (C=O) groups is 1. The summed E-state index contributed by atoms with van der Waals surface area (Å²) < 4.78 is 38.6. The van der Waals surface area contributed by atoms with Gasteiger partial charge in [0.1, 0.15) is 0 Å². The molecule has 1 fully saturated rings. The van der Waals surface area contributed by atoms with E-state index in [1.165, 1.54) is 12.1 Å². The van der Waals surface area contributed by atoms with Crippen LogP contribution < -0.4 is 5.73 Å². The van der Waals surface area contributed by atoms with Gasteiger partial charge in [-0.05, 0) is 44.7 Å². The van der Waals surface area contributed by atoms with E-state index >= 15 is 0 Å². The Kier molecular flexibility index (Phi) is 4.16. The normalized spacial score (nSPS) is 15.3. The number of nitrogens with zero attached hydrogens (tertiary/aromatic N) is 1. The van der Waals surface area contributed by atoms with Gasteiger partial charge in [0.15, 0.2) is 0 Å². The summed E-state index contributed by atoms with van der Waals surface area (Å²) in [5.74, 6) is 0.0314. The summed E-state index contributed by atoms with van der Waals surface area (Å²) >= 11 is 0. The minimum atomic E-state index is -4.56. The molecule has 1 aliphatic carbocycles. The monoisotopic (exact) mass is 300 g/mol. The molecule has 0 bridgehead atoms. The van der Waals surface area contributed by atoms with Gasteiger partial charge >= 0.3 is 6.18 Å². The molecule has 1 saturated carbocycles. The average molecular weight is 300 g/mol. The molecule has 0 saturated heterocycles. The summed E-state index contributed by atoms with van der Waals surface area (Å²) in [6.07, 6.45) is -2.43. The average Bonchev–Trinajstić information content (AvgIpc) is 3.17. The number of anilines is 1. The zero-order valence-corrected chi connectivity index (χ0v) is 12.1. The second kappa shape index (κ2) is 5.58. The number of carbonyl (C=O) groups excluding carboxylic acids is 1. The molecule has 21 heavy (non-hydrogen) atoms. The van der Waals surface area contributed by atoms with E-state index in [1.54, 1.807) is 4.90 Å². The number of nitrogen functional groups attached to an aromatic ring is 1. The molecule has 3 nitrogen and oxygen atoms in total. The molecule has 0 radical (unpaired) electrons. The number of halogens is 3. The van der Waals surface area contributed by atoms with Crippen molar-refractivity contribution in [2.75, 3.05) is 12.3 Å². The fourth-order valence-electron chi connectivity index (χ4n) is 2.26. The molecule has 0 aromatic heterocycles. The first kappa shape index (κ1) is 15.7. The van der Waals surface area contributed by atoms with E-state index in [0.717, 1.165) is 18.9 Å². The number of para-hydroxylation sites is 1. The topological polar surface area (TPSA) is 46.3 Å². The van der Waals surface area contributed by atoms with Crippen LogP contribution >= 0.6 is 0 Å². The number of amides is 1. The first-order valence-electron chi connectivity index (χ1n) is 6.98. The minimum Gasteiger partial charge on any atom is -0.398 e. The van der Waals surface area contributed by atoms with Gasteiger partial charge in [-0.3, -0.25) is 4.79 Å². The Labute approximate surface area is 121 Å². The lowest BCUT2D eigenvalue weighted by molar-refractivity contribution is -0.136. The van der Waals surface area contributed by atoms with Gasteiger partial charge in [0, 0.05) is 12.6 Å². The van der Waals surface area contributed by atoms with Crippen molar-refractivity contribution >= 4 is 11.6 Å². The Morgan fingerprint density at radius 2 is 2.00 bits per heavy atom. The predicted octanol–water partition coefficient (Wildman–Crippen LogP) is 3.55. The second-order valence-electron chi connectivity index (χ2n) is 5.76. The molecular weight excluding hydrogens is 281 g/mol. The highest BCUT2D eigenvalue weighted by Crippen LogP contribution is 2.36. The lowest BCUT2D eigenvalue weighted by atomic mass is 10.0. The van der Waals surface area contributed by atoms with E-state index in [9.17, 15) is 18.0 Å². The first-order chi connectivity index (χ1) is 9.71. The highest BCUT2D eigenvalue weighted by molar-refractivity contribution is 6.00. The molecule has 1 amide bonds. The number of hydrogen-bond acceptors (Lipinski definition) is 2. The van der Waals surface area contributed by atoms with Crippen LogP contribution in [0.25, 0.3) is 0 Å². The quantitative estimate of drug-likeness (QED) is 0.864. The zero-order valence-electron chi connectivity index (χ0n) is 12.1. The van der Waals surface area contributed by atoms with E-state index in [4.69, 9.17) is 5.73 Å². The van der Waals surface area contributed by atoms with Crippen LogP contribution in [0, 0.1) is 5.92 Å². The van der Waals surface area contributed by atoms with Crippen LogP contribution in [0.2, 0.25) is 0 Å². The fraction of sp³-hybridized carbons (Fsp3) is 0.533. The number of benzene rings is 1. The van der Waals surface area contributed by atoms with Gasteiger partial charge in [0.2, 0.25) is 0 Å². The minimum absolute atomic E-state index is 0.0702. The van der Waals surface area contributed by atoms with Crippen LogP contribution in [0.4, 0.5) is 18.9 Å². The van der Waals surface area contributed by atoms with E-state index in [-0.39, 0.29) is 11.6 Å². The number of nitrogens with two attached hydrogens (primary N) is 1. The lowest BCUT2D eigenvalue weighted by Gasteiger charge is -2.28. The molecule has 2 rings (SSSR count). The highest BCUT2D eigenvalue weighted by atomic mass is 19.4. The Bertz CT molecular complexity index is 536. The van der Waals surface area contributed by atoms with Crippen molar-refractivity contribution in [1.29, 1.82) is 0 Å². The Hall–Kier alpha value is -1.72. The summed E-state index contributed by atoms with van der Waals surface area (Å²) in [5.41, 5.74) is 4.07. The van der Waals surface area contributed by atoms with E-state index in [0.29, 0.717) is 12.5 Å². The predicted molar refractivity (Wildman–Crippen MR) is 74.8 cm³/mol. The largest absolute Gasteiger partial charge is 0.418 e. The third kappa shape index (κ3) is 3.49. The molecule has 0 heterocycles. The number of alkyl halides is 3. The van der Waals surface area contributed by atoms with Crippen molar-refractivity contribution in [1.82, 2.24) is 4.90 Å². The van der Waals surface area contributed by atoms with Crippen molar-refractivity contribution in [3.8, 4) is 0 Å². The lowest BCUT2D eigenvalue weighted by Crippen LogP contribution is -2.39. The van der Waals surface area contributed by atoms with Crippen LogP contribution in [-0.2, 0) is 6.18 Å². The summed E-state index contributed by atoms with van der Waals surface area (Å²) in [6, 6.07) is 3.40.